The topological polar surface area (TPSA) is 67.9 Å². The molecule has 0 bridgehead atoms. The highest BCUT2D eigenvalue weighted by Crippen LogP contribution is 2.10. The molecule has 1 aromatic heterocycles. The van der Waals surface area contributed by atoms with Crippen LogP contribution in [-0.2, 0) is 6.42 Å². The molecule has 0 aliphatic carbocycles. The standard InChI is InChI=1S/C9H16ClN5/c1-4-7-12-8(10)14-9(13-7)15(11)5-6(2)3/h6H,4-5,11H2,1-3H3. The van der Waals surface area contributed by atoms with Crippen LogP contribution in [0.2, 0.25) is 5.28 Å². The smallest absolute Gasteiger partial charge is 0.244 e. The van der Waals surface area contributed by atoms with E-state index in [1.165, 1.54) is 5.01 Å². The van der Waals surface area contributed by atoms with Crippen LogP contribution in [0.5, 0.6) is 0 Å². The molecule has 0 spiro atoms. The van der Waals surface area contributed by atoms with Gasteiger partial charge in [0.25, 0.3) is 0 Å². The quantitative estimate of drug-likeness (QED) is 0.625. The summed E-state index contributed by atoms with van der Waals surface area (Å²) in [5.41, 5.74) is 0. The van der Waals surface area contributed by atoms with Crippen LogP contribution in [0.15, 0.2) is 0 Å². The Morgan fingerprint density at radius 1 is 1.33 bits per heavy atom. The minimum Gasteiger partial charge on any atom is -0.278 e. The minimum absolute atomic E-state index is 0.191. The van der Waals surface area contributed by atoms with Gasteiger partial charge in [-0.25, -0.2) is 10.8 Å². The number of halogens is 1. The number of rotatable bonds is 4. The van der Waals surface area contributed by atoms with Gasteiger partial charge in [-0.3, -0.25) is 5.01 Å². The van der Waals surface area contributed by atoms with Crippen molar-refractivity contribution in [1.29, 1.82) is 0 Å². The molecule has 0 aliphatic heterocycles. The van der Waals surface area contributed by atoms with Crippen LogP contribution in [0.1, 0.15) is 26.6 Å². The van der Waals surface area contributed by atoms with E-state index in [4.69, 9.17) is 17.4 Å². The molecule has 0 saturated carbocycles. The van der Waals surface area contributed by atoms with Crippen molar-refractivity contribution < 1.29 is 0 Å². The van der Waals surface area contributed by atoms with Crippen molar-refractivity contribution in [2.45, 2.75) is 27.2 Å². The molecule has 0 fully saturated rings. The molecule has 0 atom stereocenters. The first-order valence-corrected chi connectivity index (χ1v) is 5.33. The molecule has 0 aliphatic rings. The third-order valence-electron chi connectivity index (χ3n) is 1.78. The maximum atomic E-state index is 5.81. The van der Waals surface area contributed by atoms with Crippen LogP contribution in [-0.4, -0.2) is 21.5 Å². The molecule has 0 amide bonds. The van der Waals surface area contributed by atoms with Gasteiger partial charge in [-0.2, -0.15) is 9.97 Å². The summed E-state index contributed by atoms with van der Waals surface area (Å²) in [6.07, 6.45) is 0.713. The molecule has 6 heteroatoms. The summed E-state index contributed by atoms with van der Waals surface area (Å²) < 4.78 is 0. The maximum Gasteiger partial charge on any atom is 0.244 e. The highest BCUT2D eigenvalue weighted by Gasteiger charge is 2.10. The Hall–Kier alpha value is -0.940. The van der Waals surface area contributed by atoms with Crippen molar-refractivity contribution in [2.75, 3.05) is 11.6 Å². The molecule has 2 N–H and O–H groups in total. The molecule has 5 nitrogen and oxygen atoms in total. The van der Waals surface area contributed by atoms with Gasteiger partial charge in [0.05, 0.1) is 0 Å². The first kappa shape index (κ1) is 12.1. The number of nitrogens with zero attached hydrogens (tertiary/aromatic N) is 4. The van der Waals surface area contributed by atoms with Crippen LogP contribution in [0.4, 0.5) is 5.95 Å². The molecule has 1 aromatic rings. The first-order chi connectivity index (χ1) is 7.02. The van der Waals surface area contributed by atoms with Gasteiger partial charge in [-0.15, -0.1) is 0 Å². The monoisotopic (exact) mass is 229 g/mol. The van der Waals surface area contributed by atoms with E-state index in [9.17, 15) is 0 Å². The minimum atomic E-state index is 0.191. The molecule has 0 radical (unpaired) electrons. The second kappa shape index (κ2) is 5.23. The lowest BCUT2D eigenvalue weighted by atomic mass is 10.2. The van der Waals surface area contributed by atoms with Crippen LogP contribution < -0.4 is 10.9 Å². The van der Waals surface area contributed by atoms with E-state index < -0.39 is 0 Å². The van der Waals surface area contributed by atoms with E-state index >= 15 is 0 Å². The van der Waals surface area contributed by atoms with E-state index in [0.717, 1.165) is 0 Å². The molecular formula is C9H16ClN5. The van der Waals surface area contributed by atoms with Gasteiger partial charge < -0.3 is 0 Å². The number of hydrogen-bond donors (Lipinski definition) is 1. The highest BCUT2D eigenvalue weighted by molar-refractivity contribution is 6.28. The second-order valence-corrected chi connectivity index (χ2v) is 4.06. The van der Waals surface area contributed by atoms with Crippen molar-refractivity contribution >= 4 is 17.5 Å². The zero-order valence-electron chi connectivity index (χ0n) is 9.24. The SMILES string of the molecule is CCc1nc(Cl)nc(N(N)CC(C)C)n1. The van der Waals surface area contributed by atoms with Crippen molar-refractivity contribution in [2.24, 2.45) is 11.8 Å². The third kappa shape index (κ3) is 3.60. The van der Waals surface area contributed by atoms with Crippen LogP contribution in [0, 0.1) is 5.92 Å². The van der Waals surface area contributed by atoms with Gasteiger partial charge in [-0.05, 0) is 17.5 Å². The van der Waals surface area contributed by atoms with Crippen LogP contribution in [0.3, 0.4) is 0 Å². The molecule has 84 valence electrons. The summed E-state index contributed by atoms with van der Waals surface area (Å²) in [7, 11) is 0. The third-order valence-corrected chi connectivity index (χ3v) is 1.95. The summed E-state index contributed by atoms with van der Waals surface area (Å²) >= 11 is 5.76. The van der Waals surface area contributed by atoms with Crippen LogP contribution >= 0.6 is 11.6 Å². The zero-order valence-corrected chi connectivity index (χ0v) is 9.99. The predicted molar refractivity (Wildman–Crippen MR) is 60.6 cm³/mol. The molecule has 15 heavy (non-hydrogen) atoms. The Morgan fingerprint density at radius 2 is 2.00 bits per heavy atom. The molecule has 1 heterocycles. The Labute approximate surface area is 94.7 Å². The fourth-order valence-corrected chi connectivity index (χ4v) is 1.31. The van der Waals surface area contributed by atoms with Crippen molar-refractivity contribution in [3.05, 3.63) is 11.1 Å². The average molecular weight is 230 g/mol. The van der Waals surface area contributed by atoms with E-state index in [0.29, 0.717) is 30.7 Å². The van der Waals surface area contributed by atoms with Gasteiger partial charge >= 0.3 is 0 Å². The first-order valence-electron chi connectivity index (χ1n) is 4.95. The van der Waals surface area contributed by atoms with Crippen LogP contribution in [0.25, 0.3) is 0 Å². The number of aromatic nitrogens is 3. The lowest BCUT2D eigenvalue weighted by Gasteiger charge is -2.18. The highest BCUT2D eigenvalue weighted by atomic mass is 35.5. The van der Waals surface area contributed by atoms with E-state index in [-0.39, 0.29) is 5.28 Å². The fourth-order valence-electron chi connectivity index (χ4n) is 1.14. The van der Waals surface area contributed by atoms with Gasteiger partial charge in [0.15, 0.2) is 0 Å². The summed E-state index contributed by atoms with van der Waals surface area (Å²) in [5, 5.41) is 1.69. The summed E-state index contributed by atoms with van der Waals surface area (Å²) in [4.78, 5) is 12.2. The largest absolute Gasteiger partial charge is 0.278 e. The number of hydrazine groups is 1. The lowest BCUT2D eigenvalue weighted by Crippen LogP contribution is -2.36. The number of aryl methyl sites for hydroxylation is 1. The second-order valence-electron chi connectivity index (χ2n) is 3.72. The van der Waals surface area contributed by atoms with E-state index in [1.807, 2.05) is 6.92 Å². The van der Waals surface area contributed by atoms with Gasteiger partial charge in [0.1, 0.15) is 5.82 Å². The van der Waals surface area contributed by atoms with E-state index in [2.05, 4.69) is 28.8 Å². The van der Waals surface area contributed by atoms with Crippen molar-refractivity contribution in [3.8, 4) is 0 Å². The Balaban J connectivity index is 2.88. The molecular weight excluding hydrogens is 214 g/mol. The normalized spacial score (nSPS) is 10.8. The number of hydrogen-bond acceptors (Lipinski definition) is 5. The summed E-state index contributed by atoms with van der Waals surface area (Å²) in [5.74, 6) is 7.34. The molecule has 0 aromatic carbocycles. The Kier molecular flexibility index (Phi) is 4.23. The summed E-state index contributed by atoms with van der Waals surface area (Å²) in [6, 6.07) is 0. The fraction of sp³-hybridized carbons (Fsp3) is 0.667. The predicted octanol–water partition coefficient (Wildman–Crippen LogP) is 1.42. The van der Waals surface area contributed by atoms with Gasteiger partial charge in [0, 0.05) is 13.0 Å². The van der Waals surface area contributed by atoms with E-state index in [1.54, 1.807) is 0 Å². The lowest BCUT2D eigenvalue weighted by molar-refractivity contribution is 0.608. The van der Waals surface area contributed by atoms with Gasteiger partial charge in [-0.1, -0.05) is 20.8 Å². The Bertz CT molecular complexity index is 328. The zero-order chi connectivity index (χ0) is 11.4. The summed E-state index contributed by atoms with van der Waals surface area (Å²) in [6.45, 7) is 6.79. The molecule has 1 rings (SSSR count). The average Bonchev–Trinajstić information content (AvgIpc) is 2.15. The number of nitrogens with two attached hydrogens (primary N) is 1. The molecule has 0 unspecified atom stereocenters. The number of anilines is 1. The van der Waals surface area contributed by atoms with Gasteiger partial charge in [0.2, 0.25) is 11.2 Å². The van der Waals surface area contributed by atoms with Crippen molar-refractivity contribution in [1.82, 2.24) is 15.0 Å². The Morgan fingerprint density at radius 3 is 2.53 bits per heavy atom. The molecule has 0 saturated heterocycles. The maximum absolute atomic E-state index is 5.81. The van der Waals surface area contributed by atoms with Crippen molar-refractivity contribution in [3.63, 3.8) is 0 Å².